The maximum absolute atomic E-state index is 13.2. The Morgan fingerprint density at radius 3 is 2.57 bits per heavy atom. The van der Waals surface area contributed by atoms with Crippen molar-refractivity contribution in [1.29, 1.82) is 0 Å². The van der Waals surface area contributed by atoms with Gasteiger partial charge in [-0.25, -0.2) is 4.98 Å². The molecule has 152 valence electrons. The molecule has 0 aliphatic carbocycles. The fourth-order valence-corrected chi connectivity index (χ4v) is 5.05. The maximum Gasteiger partial charge on any atom is 0.239 e. The van der Waals surface area contributed by atoms with Gasteiger partial charge in [-0.1, -0.05) is 47.7 Å². The fraction of sp³-hybridized carbons (Fsp3) is 0.208. The molecule has 2 heterocycles. The van der Waals surface area contributed by atoms with Crippen molar-refractivity contribution in [3.05, 3.63) is 89.2 Å². The summed E-state index contributed by atoms with van der Waals surface area (Å²) in [6, 6.07) is 18.4. The largest absolute Gasteiger partial charge is 0.283 e. The Kier molecular flexibility index (Phi) is 6.45. The number of amides is 1. The van der Waals surface area contributed by atoms with Crippen LogP contribution >= 0.6 is 23.1 Å². The Morgan fingerprint density at radius 2 is 1.80 bits per heavy atom. The molecule has 0 saturated heterocycles. The number of carbonyl (C=O) groups is 1. The number of hydrogen-bond acceptors (Lipinski definition) is 5. The third-order valence-electron chi connectivity index (χ3n) is 4.93. The first-order valence-electron chi connectivity index (χ1n) is 9.79. The molecule has 0 bridgehead atoms. The van der Waals surface area contributed by atoms with Gasteiger partial charge in [0.1, 0.15) is 0 Å². The van der Waals surface area contributed by atoms with E-state index in [2.05, 4.69) is 43.1 Å². The van der Waals surface area contributed by atoms with Crippen molar-refractivity contribution >= 4 is 44.4 Å². The van der Waals surface area contributed by atoms with Crippen LogP contribution in [-0.4, -0.2) is 21.6 Å². The average Bonchev–Trinajstić information content (AvgIpc) is 3.16. The molecule has 0 saturated carbocycles. The number of pyridine rings is 1. The zero-order valence-electron chi connectivity index (χ0n) is 17.0. The highest BCUT2D eigenvalue weighted by molar-refractivity contribution is 7.99. The third-order valence-corrected chi connectivity index (χ3v) is 6.95. The molecule has 0 N–H and O–H groups in total. The zero-order chi connectivity index (χ0) is 20.9. The number of anilines is 1. The van der Waals surface area contributed by atoms with E-state index in [0.717, 1.165) is 26.7 Å². The van der Waals surface area contributed by atoms with Crippen molar-refractivity contribution < 1.29 is 4.79 Å². The molecular formula is C24H23N3OS2. The molecule has 4 nitrogen and oxygen atoms in total. The molecule has 0 aliphatic heterocycles. The number of thioether (sulfide) groups is 1. The second-order valence-electron chi connectivity index (χ2n) is 7.22. The molecule has 0 unspecified atom stereocenters. The Labute approximate surface area is 185 Å². The lowest BCUT2D eigenvalue weighted by molar-refractivity contribution is -0.116. The van der Waals surface area contributed by atoms with Crippen LogP contribution in [0.1, 0.15) is 22.3 Å². The van der Waals surface area contributed by atoms with E-state index in [-0.39, 0.29) is 5.91 Å². The summed E-state index contributed by atoms with van der Waals surface area (Å²) in [5, 5.41) is 0.740. The molecule has 30 heavy (non-hydrogen) atoms. The first kappa shape index (κ1) is 20.6. The SMILES string of the molecule is Cc1cc2nc(N(Cc3cccnc3)C(=O)CSCc3ccccc3)sc2cc1C. The van der Waals surface area contributed by atoms with E-state index in [1.807, 2.05) is 30.3 Å². The summed E-state index contributed by atoms with van der Waals surface area (Å²) in [5.41, 5.74) is 5.61. The summed E-state index contributed by atoms with van der Waals surface area (Å²) >= 11 is 3.20. The van der Waals surface area contributed by atoms with Gasteiger partial charge in [0.2, 0.25) is 5.91 Å². The molecule has 2 aromatic carbocycles. The molecule has 0 spiro atoms. The minimum atomic E-state index is 0.0623. The lowest BCUT2D eigenvalue weighted by Gasteiger charge is -2.19. The topological polar surface area (TPSA) is 46.1 Å². The van der Waals surface area contributed by atoms with Gasteiger partial charge < -0.3 is 0 Å². The average molecular weight is 434 g/mol. The normalized spacial score (nSPS) is 11.0. The van der Waals surface area contributed by atoms with E-state index in [0.29, 0.717) is 12.3 Å². The van der Waals surface area contributed by atoms with E-state index in [1.165, 1.54) is 16.7 Å². The van der Waals surface area contributed by atoms with Crippen molar-refractivity contribution in [1.82, 2.24) is 9.97 Å². The summed E-state index contributed by atoms with van der Waals surface area (Å²) in [7, 11) is 0. The highest BCUT2D eigenvalue weighted by atomic mass is 32.2. The number of fused-ring (bicyclic) bond motifs is 1. The smallest absolute Gasteiger partial charge is 0.239 e. The summed E-state index contributed by atoms with van der Waals surface area (Å²) < 4.78 is 1.11. The van der Waals surface area contributed by atoms with Crippen LogP contribution in [-0.2, 0) is 17.1 Å². The van der Waals surface area contributed by atoms with E-state index in [1.54, 1.807) is 40.4 Å². The van der Waals surface area contributed by atoms with Gasteiger partial charge in [0.25, 0.3) is 0 Å². The minimum absolute atomic E-state index is 0.0623. The zero-order valence-corrected chi connectivity index (χ0v) is 18.7. The second kappa shape index (κ2) is 9.41. The van der Waals surface area contributed by atoms with E-state index in [9.17, 15) is 4.79 Å². The summed E-state index contributed by atoms with van der Waals surface area (Å²) in [4.78, 5) is 24.0. The minimum Gasteiger partial charge on any atom is -0.283 e. The van der Waals surface area contributed by atoms with Crippen molar-refractivity contribution in [2.24, 2.45) is 0 Å². The van der Waals surface area contributed by atoms with Gasteiger partial charge in [-0.05, 0) is 54.3 Å². The highest BCUT2D eigenvalue weighted by Crippen LogP contribution is 2.32. The van der Waals surface area contributed by atoms with Gasteiger partial charge >= 0.3 is 0 Å². The number of thiazole rings is 1. The molecule has 0 fully saturated rings. The third kappa shape index (κ3) is 4.89. The summed E-state index contributed by atoms with van der Waals surface area (Å²) in [5.74, 6) is 1.28. The molecule has 0 radical (unpaired) electrons. The van der Waals surface area contributed by atoms with Crippen LogP contribution in [0.4, 0.5) is 5.13 Å². The molecule has 2 aromatic heterocycles. The van der Waals surface area contributed by atoms with Crippen LogP contribution < -0.4 is 4.90 Å². The van der Waals surface area contributed by atoms with Crippen LogP contribution in [0, 0.1) is 13.8 Å². The molecule has 0 atom stereocenters. The molecule has 6 heteroatoms. The van der Waals surface area contributed by atoms with Crippen LogP contribution in [0.15, 0.2) is 67.0 Å². The van der Waals surface area contributed by atoms with Gasteiger partial charge in [-0.2, -0.15) is 0 Å². The van der Waals surface area contributed by atoms with Gasteiger partial charge in [0, 0.05) is 18.1 Å². The molecule has 4 aromatic rings. The lowest BCUT2D eigenvalue weighted by Crippen LogP contribution is -2.31. The summed E-state index contributed by atoms with van der Waals surface area (Å²) in [6.45, 7) is 4.66. The number of rotatable bonds is 7. The number of benzene rings is 2. The van der Waals surface area contributed by atoms with Gasteiger partial charge in [-0.15, -0.1) is 11.8 Å². The Balaban J connectivity index is 1.56. The van der Waals surface area contributed by atoms with E-state index < -0.39 is 0 Å². The van der Waals surface area contributed by atoms with E-state index in [4.69, 9.17) is 4.98 Å². The highest BCUT2D eigenvalue weighted by Gasteiger charge is 2.20. The number of aromatic nitrogens is 2. The van der Waals surface area contributed by atoms with Gasteiger partial charge in [0.15, 0.2) is 5.13 Å². The first-order valence-corrected chi connectivity index (χ1v) is 11.8. The Hall–Kier alpha value is -2.70. The second-order valence-corrected chi connectivity index (χ2v) is 9.21. The quantitative estimate of drug-likeness (QED) is 0.371. The number of aryl methyl sites for hydroxylation is 2. The van der Waals surface area contributed by atoms with E-state index >= 15 is 0 Å². The number of nitrogens with zero attached hydrogens (tertiary/aromatic N) is 3. The van der Waals surface area contributed by atoms with Gasteiger partial charge in [0.05, 0.1) is 22.5 Å². The lowest BCUT2D eigenvalue weighted by atomic mass is 10.1. The molecule has 0 aliphatic rings. The monoisotopic (exact) mass is 433 g/mol. The molecule has 1 amide bonds. The van der Waals surface area contributed by atoms with Crippen molar-refractivity contribution in [2.75, 3.05) is 10.7 Å². The maximum atomic E-state index is 13.2. The predicted molar refractivity (Wildman–Crippen MR) is 127 cm³/mol. The standard InChI is InChI=1S/C24H23N3OS2/c1-17-11-21-22(12-18(17)2)30-24(26-21)27(14-20-9-6-10-25-13-20)23(28)16-29-15-19-7-4-3-5-8-19/h3-13H,14-16H2,1-2H3. The molecular weight excluding hydrogens is 410 g/mol. The van der Waals surface area contributed by atoms with Crippen molar-refractivity contribution in [3.63, 3.8) is 0 Å². The number of carbonyl (C=O) groups excluding carboxylic acids is 1. The van der Waals surface area contributed by atoms with Crippen LogP contribution in [0.2, 0.25) is 0 Å². The van der Waals surface area contributed by atoms with Crippen LogP contribution in [0.3, 0.4) is 0 Å². The van der Waals surface area contributed by atoms with Crippen LogP contribution in [0.25, 0.3) is 10.2 Å². The first-order chi connectivity index (χ1) is 14.6. The van der Waals surface area contributed by atoms with Crippen molar-refractivity contribution in [2.45, 2.75) is 26.1 Å². The Morgan fingerprint density at radius 1 is 1.03 bits per heavy atom. The molecule has 4 rings (SSSR count). The van der Waals surface area contributed by atoms with Gasteiger partial charge in [-0.3, -0.25) is 14.7 Å². The predicted octanol–water partition coefficient (Wildman–Crippen LogP) is 5.77. The summed E-state index contributed by atoms with van der Waals surface area (Å²) in [6.07, 6.45) is 3.55. The van der Waals surface area contributed by atoms with Crippen LogP contribution in [0.5, 0.6) is 0 Å². The number of hydrogen-bond donors (Lipinski definition) is 0. The fourth-order valence-electron chi connectivity index (χ4n) is 3.13. The van der Waals surface area contributed by atoms with Crippen molar-refractivity contribution in [3.8, 4) is 0 Å². The Bertz CT molecular complexity index is 1100.